The lowest BCUT2D eigenvalue weighted by atomic mass is 10.1. The third kappa shape index (κ3) is 3.63. The van der Waals surface area contributed by atoms with Gasteiger partial charge in [0.1, 0.15) is 5.82 Å². The van der Waals surface area contributed by atoms with Gasteiger partial charge < -0.3 is 10.0 Å². The van der Waals surface area contributed by atoms with Gasteiger partial charge in [0.2, 0.25) is 0 Å². The molecule has 1 N–H and O–H groups in total. The van der Waals surface area contributed by atoms with Gasteiger partial charge in [-0.05, 0) is 31.2 Å². The number of hydrogen-bond donors (Lipinski definition) is 1. The minimum absolute atomic E-state index is 0.385. The van der Waals surface area contributed by atoms with E-state index in [1.807, 2.05) is 11.8 Å². The first-order valence-corrected chi connectivity index (χ1v) is 5.47. The highest BCUT2D eigenvalue weighted by molar-refractivity contribution is 5.87. The lowest BCUT2D eigenvalue weighted by Gasteiger charge is -2.22. The molecule has 0 heterocycles. The highest BCUT2D eigenvalue weighted by Crippen LogP contribution is 2.22. The molecule has 0 aliphatic carbocycles. The number of carboxylic acid groups (broad SMARTS) is 1. The Bertz CT molecular complexity index is 503. The summed E-state index contributed by atoms with van der Waals surface area (Å²) >= 11 is 0. The van der Waals surface area contributed by atoms with E-state index in [1.165, 1.54) is 18.2 Å². The van der Waals surface area contributed by atoms with Gasteiger partial charge in [-0.1, -0.05) is 5.92 Å². The summed E-state index contributed by atoms with van der Waals surface area (Å²) in [5.41, 5.74) is 1.21. The monoisotopic (exact) mass is 247 g/mol. The number of carbonyl (C=O) groups is 1. The van der Waals surface area contributed by atoms with E-state index in [2.05, 4.69) is 5.92 Å². The van der Waals surface area contributed by atoms with Crippen LogP contribution in [0.3, 0.4) is 0 Å². The van der Waals surface area contributed by atoms with Crippen LogP contribution in [0.2, 0.25) is 0 Å². The molecule has 0 atom stereocenters. The standard InChI is InChI=1S/C14H14FNO2/c1-3-9-16(4-2)13-7-6-12(15)10-11(13)5-8-14(17)18/h1,5-8,10H,4,9H2,2H3,(H,17,18)/b8-5+. The van der Waals surface area contributed by atoms with Crippen molar-refractivity contribution < 1.29 is 14.3 Å². The fraction of sp³-hybridized carbons (Fsp3) is 0.214. The van der Waals surface area contributed by atoms with E-state index in [1.54, 1.807) is 6.07 Å². The largest absolute Gasteiger partial charge is 0.478 e. The van der Waals surface area contributed by atoms with Crippen LogP contribution in [0.4, 0.5) is 10.1 Å². The molecule has 0 aliphatic heterocycles. The second kappa shape index (κ2) is 6.45. The second-order valence-electron chi connectivity index (χ2n) is 3.59. The van der Waals surface area contributed by atoms with Gasteiger partial charge in [0.05, 0.1) is 6.54 Å². The van der Waals surface area contributed by atoms with Crippen LogP contribution in [0.1, 0.15) is 12.5 Å². The molecule has 1 rings (SSSR count). The van der Waals surface area contributed by atoms with Crippen molar-refractivity contribution in [2.45, 2.75) is 6.92 Å². The van der Waals surface area contributed by atoms with Gasteiger partial charge in [-0.3, -0.25) is 0 Å². The molecule has 0 amide bonds. The summed E-state index contributed by atoms with van der Waals surface area (Å²) < 4.78 is 13.2. The lowest BCUT2D eigenvalue weighted by Crippen LogP contribution is -2.23. The summed E-state index contributed by atoms with van der Waals surface area (Å²) in [6.45, 7) is 2.96. The predicted molar refractivity (Wildman–Crippen MR) is 69.8 cm³/mol. The van der Waals surface area contributed by atoms with Crippen molar-refractivity contribution in [1.29, 1.82) is 0 Å². The summed E-state index contributed by atoms with van der Waals surface area (Å²) in [5, 5.41) is 8.61. The van der Waals surface area contributed by atoms with Crippen LogP contribution < -0.4 is 4.90 Å². The number of benzene rings is 1. The maximum atomic E-state index is 13.2. The molecule has 3 nitrogen and oxygen atoms in total. The molecule has 0 spiro atoms. The van der Waals surface area contributed by atoms with E-state index in [0.29, 0.717) is 24.3 Å². The molecule has 0 radical (unpaired) electrons. The smallest absolute Gasteiger partial charge is 0.328 e. The Labute approximate surface area is 106 Å². The molecule has 18 heavy (non-hydrogen) atoms. The third-order valence-electron chi connectivity index (χ3n) is 2.40. The quantitative estimate of drug-likeness (QED) is 0.641. The molecule has 4 heteroatoms. The van der Waals surface area contributed by atoms with Crippen molar-refractivity contribution in [1.82, 2.24) is 0 Å². The number of hydrogen-bond acceptors (Lipinski definition) is 2. The van der Waals surface area contributed by atoms with Crippen LogP contribution in [0.25, 0.3) is 6.08 Å². The average molecular weight is 247 g/mol. The number of carboxylic acids is 1. The van der Waals surface area contributed by atoms with Crippen LogP contribution in [0, 0.1) is 18.2 Å². The Morgan fingerprint density at radius 1 is 1.61 bits per heavy atom. The normalized spacial score (nSPS) is 10.3. The molecule has 0 bridgehead atoms. The van der Waals surface area contributed by atoms with Gasteiger partial charge in [0.25, 0.3) is 0 Å². The zero-order valence-corrected chi connectivity index (χ0v) is 10.1. The van der Waals surface area contributed by atoms with Gasteiger partial charge in [-0.25, -0.2) is 9.18 Å². The minimum Gasteiger partial charge on any atom is -0.478 e. The molecular formula is C14H14FNO2. The van der Waals surface area contributed by atoms with E-state index < -0.39 is 11.8 Å². The Morgan fingerprint density at radius 3 is 2.89 bits per heavy atom. The van der Waals surface area contributed by atoms with E-state index in [4.69, 9.17) is 11.5 Å². The SMILES string of the molecule is C#CCN(CC)c1ccc(F)cc1/C=C/C(=O)O. The maximum Gasteiger partial charge on any atom is 0.328 e. The summed E-state index contributed by atoms with van der Waals surface area (Å²) in [4.78, 5) is 12.4. The maximum absolute atomic E-state index is 13.2. The number of terminal acetylenes is 1. The topological polar surface area (TPSA) is 40.5 Å². The zero-order valence-electron chi connectivity index (χ0n) is 10.1. The van der Waals surface area contributed by atoms with Gasteiger partial charge in [-0.2, -0.15) is 0 Å². The van der Waals surface area contributed by atoms with Crippen molar-refractivity contribution >= 4 is 17.7 Å². The fourth-order valence-corrected chi connectivity index (χ4v) is 1.59. The Morgan fingerprint density at radius 2 is 2.33 bits per heavy atom. The Hall–Kier alpha value is -2.28. The number of anilines is 1. The van der Waals surface area contributed by atoms with Crippen molar-refractivity contribution in [3.8, 4) is 12.3 Å². The summed E-state index contributed by atoms with van der Waals surface area (Å²) in [7, 11) is 0. The molecule has 1 aromatic carbocycles. The molecule has 94 valence electrons. The van der Waals surface area contributed by atoms with Gasteiger partial charge in [0, 0.05) is 23.9 Å². The van der Waals surface area contributed by atoms with Crippen LogP contribution in [0.5, 0.6) is 0 Å². The molecule has 0 saturated heterocycles. The van der Waals surface area contributed by atoms with E-state index in [0.717, 1.165) is 6.08 Å². The summed E-state index contributed by atoms with van der Waals surface area (Å²) in [6, 6.07) is 4.21. The minimum atomic E-state index is -1.08. The van der Waals surface area contributed by atoms with E-state index in [-0.39, 0.29) is 0 Å². The summed E-state index contributed by atoms with van der Waals surface area (Å²) in [6.07, 6.45) is 7.60. The third-order valence-corrected chi connectivity index (χ3v) is 2.40. The van der Waals surface area contributed by atoms with Gasteiger partial charge >= 0.3 is 5.97 Å². The number of rotatable bonds is 5. The molecule has 1 aromatic rings. The van der Waals surface area contributed by atoms with Crippen molar-refractivity contribution in [3.63, 3.8) is 0 Å². The summed E-state index contributed by atoms with van der Waals surface area (Å²) in [5.74, 6) is 1.02. The highest BCUT2D eigenvalue weighted by atomic mass is 19.1. The molecule has 0 aliphatic rings. The van der Waals surface area contributed by atoms with Crippen molar-refractivity contribution in [2.24, 2.45) is 0 Å². The van der Waals surface area contributed by atoms with E-state index in [9.17, 15) is 9.18 Å². The van der Waals surface area contributed by atoms with Gasteiger partial charge in [-0.15, -0.1) is 6.42 Å². The first kappa shape index (κ1) is 13.8. The van der Waals surface area contributed by atoms with Crippen LogP contribution in [-0.4, -0.2) is 24.2 Å². The molecule has 0 aromatic heterocycles. The Balaban J connectivity index is 3.17. The second-order valence-corrected chi connectivity index (χ2v) is 3.59. The number of nitrogens with zero attached hydrogens (tertiary/aromatic N) is 1. The molecule has 0 saturated carbocycles. The van der Waals surface area contributed by atoms with Crippen LogP contribution >= 0.6 is 0 Å². The Kier molecular flexibility index (Phi) is 4.94. The van der Waals surface area contributed by atoms with Crippen LogP contribution in [0.15, 0.2) is 24.3 Å². The number of aliphatic carboxylic acids is 1. The lowest BCUT2D eigenvalue weighted by molar-refractivity contribution is -0.131. The van der Waals surface area contributed by atoms with Crippen LogP contribution in [-0.2, 0) is 4.79 Å². The molecule has 0 fully saturated rings. The molecule has 0 unspecified atom stereocenters. The predicted octanol–water partition coefficient (Wildman–Crippen LogP) is 2.38. The van der Waals surface area contributed by atoms with E-state index >= 15 is 0 Å². The van der Waals surface area contributed by atoms with Gasteiger partial charge in [0.15, 0.2) is 0 Å². The number of halogens is 1. The van der Waals surface area contributed by atoms with Crippen molar-refractivity contribution in [3.05, 3.63) is 35.7 Å². The zero-order chi connectivity index (χ0) is 13.5. The highest BCUT2D eigenvalue weighted by Gasteiger charge is 2.08. The fourth-order valence-electron chi connectivity index (χ4n) is 1.59. The average Bonchev–Trinajstić information content (AvgIpc) is 2.34. The first-order chi connectivity index (χ1) is 8.58. The first-order valence-electron chi connectivity index (χ1n) is 5.47. The van der Waals surface area contributed by atoms with Crippen molar-refractivity contribution in [2.75, 3.05) is 18.0 Å². The molecular weight excluding hydrogens is 233 g/mol.